The van der Waals surface area contributed by atoms with Crippen LogP contribution in [0.4, 0.5) is 4.79 Å². The number of fused-ring (bicyclic) bond motifs is 1. The Balaban J connectivity index is 1.47. The van der Waals surface area contributed by atoms with Crippen molar-refractivity contribution in [1.82, 2.24) is 20.4 Å². The van der Waals surface area contributed by atoms with Crippen molar-refractivity contribution in [3.8, 4) is 0 Å². The fraction of sp³-hybridized carbons (Fsp3) is 0.600. The van der Waals surface area contributed by atoms with Crippen LogP contribution in [0.15, 0.2) is 24.3 Å². The van der Waals surface area contributed by atoms with Crippen LogP contribution in [0.1, 0.15) is 42.9 Å². The first-order valence-electron chi connectivity index (χ1n) is 9.88. The Morgan fingerprint density at radius 2 is 1.88 bits per heavy atom. The van der Waals surface area contributed by atoms with E-state index in [0.717, 1.165) is 51.7 Å². The molecule has 0 saturated carbocycles. The lowest BCUT2D eigenvalue weighted by Crippen LogP contribution is -2.62. The topological polar surface area (TPSA) is 64.7 Å². The maximum absolute atomic E-state index is 13.0. The molecular formula is C20H28N4O2. The summed E-state index contributed by atoms with van der Waals surface area (Å²) < 4.78 is 0. The number of nitrogens with one attached hydrogen (secondary N) is 2. The number of hydrogen-bond donors (Lipinski definition) is 2. The van der Waals surface area contributed by atoms with Gasteiger partial charge in [0.2, 0.25) is 5.91 Å². The van der Waals surface area contributed by atoms with E-state index in [4.69, 9.17) is 0 Å². The molecule has 2 saturated heterocycles. The molecule has 3 aliphatic rings. The van der Waals surface area contributed by atoms with Crippen molar-refractivity contribution < 1.29 is 9.59 Å². The van der Waals surface area contributed by atoms with E-state index >= 15 is 0 Å². The molecule has 4 rings (SSSR count). The number of carbonyl (C=O) groups is 2. The molecule has 2 unspecified atom stereocenters. The number of aryl methyl sites for hydroxylation is 1. The molecule has 6 nitrogen and oxygen atoms in total. The van der Waals surface area contributed by atoms with Crippen molar-refractivity contribution in [3.63, 3.8) is 0 Å². The summed E-state index contributed by atoms with van der Waals surface area (Å²) in [4.78, 5) is 29.6. The van der Waals surface area contributed by atoms with Gasteiger partial charge in [-0.2, -0.15) is 0 Å². The lowest BCUT2D eigenvalue weighted by Gasteiger charge is -2.38. The number of urea groups is 1. The summed E-state index contributed by atoms with van der Waals surface area (Å²) in [7, 11) is 0. The summed E-state index contributed by atoms with van der Waals surface area (Å²) in [5.74, 6) is -0.0357. The number of amides is 3. The third-order valence-electron chi connectivity index (χ3n) is 5.85. The van der Waals surface area contributed by atoms with Crippen molar-refractivity contribution in [1.29, 1.82) is 0 Å². The molecular weight excluding hydrogens is 328 g/mol. The Labute approximate surface area is 154 Å². The van der Waals surface area contributed by atoms with Gasteiger partial charge in [-0.05, 0) is 43.2 Å². The highest BCUT2D eigenvalue weighted by Crippen LogP contribution is 2.29. The molecule has 1 aromatic carbocycles. The minimum atomic E-state index is -0.425. The van der Waals surface area contributed by atoms with Crippen LogP contribution in [0.25, 0.3) is 0 Å². The molecule has 2 fully saturated rings. The molecule has 2 atom stereocenters. The summed E-state index contributed by atoms with van der Waals surface area (Å²) >= 11 is 0. The van der Waals surface area contributed by atoms with Crippen LogP contribution in [0.5, 0.6) is 0 Å². The van der Waals surface area contributed by atoms with Crippen molar-refractivity contribution in [3.05, 3.63) is 35.4 Å². The summed E-state index contributed by atoms with van der Waals surface area (Å²) in [6, 6.07) is 8.02. The van der Waals surface area contributed by atoms with Gasteiger partial charge in [0.05, 0.1) is 6.04 Å². The van der Waals surface area contributed by atoms with E-state index < -0.39 is 6.04 Å². The Morgan fingerprint density at radius 1 is 1.08 bits per heavy atom. The molecule has 26 heavy (non-hydrogen) atoms. The first kappa shape index (κ1) is 17.3. The molecule has 2 N–H and O–H groups in total. The first-order valence-corrected chi connectivity index (χ1v) is 9.88. The Morgan fingerprint density at radius 3 is 2.73 bits per heavy atom. The predicted molar refractivity (Wildman–Crippen MR) is 99.8 cm³/mol. The van der Waals surface area contributed by atoms with Gasteiger partial charge < -0.3 is 20.4 Å². The molecule has 0 bridgehead atoms. The Bertz CT molecular complexity index is 672. The van der Waals surface area contributed by atoms with Gasteiger partial charge in [0.25, 0.3) is 0 Å². The fourth-order valence-electron chi connectivity index (χ4n) is 4.43. The van der Waals surface area contributed by atoms with E-state index in [1.54, 1.807) is 4.90 Å². The van der Waals surface area contributed by atoms with Crippen LogP contribution in [-0.4, -0.2) is 60.5 Å². The summed E-state index contributed by atoms with van der Waals surface area (Å²) in [5, 5.41) is 6.50. The van der Waals surface area contributed by atoms with Crippen LogP contribution in [0.2, 0.25) is 0 Å². The normalized spacial score (nSPS) is 25.7. The van der Waals surface area contributed by atoms with Gasteiger partial charge >= 0.3 is 6.03 Å². The first-order chi connectivity index (χ1) is 12.7. The van der Waals surface area contributed by atoms with Gasteiger partial charge in [0, 0.05) is 32.7 Å². The van der Waals surface area contributed by atoms with E-state index in [1.807, 2.05) is 11.0 Å². The Hall–Kier alpha value is -2.08. The predicted octanol–water partition coefficient (Wildman–Crippen LogP) is 1.67. The molecule has 3 amide bonds. The molecule has 1 aliphatic carbocycles. The molecule has 0 radical (unpaired) electrons. The fourth-order valence-corrected chi connectivity index (χ4v) is 4.43. The van der Waals surface area contributed by atoms with Crippen LogP contribution in [0, 0.1) is 0 Å². The van der Waals surface area contributed by atoms with Gasteiger partial charge in [0.15, 0.2) is 0 Å². The minimum absolute atomic E-state index is 0.0215. The maximum atomic E-state index is 13.0. The minimum Gasteiger partial charge on any atom is -0.347 e. The SMILES string of the molecule is O=C(NC1CCCc2ccccc21)C1CNCCN1C(=O)N1CCCC1. The van der Waals surface area contributed by atoms with Crippen LogP contribution >= 0.6 is 0 Å². The van der Waals surface area contributed by atoms with Gasteiger partial charge in [-0.3, -0.25) is 4.79 Å². The highest BCUT2D eigenvalue weighted by Gasteiger charge is 2.36. The van der Waals surface area contributed by atoms with Crippen molar-refractivity contribution in [2.24, 2.45) is 0 Å². The molecule has 2 aliphatic heterocycles. The second-order valence-corrected chi connectivity index (χ2v) is 7.54. The zero-order chi connectivity index (χ0) is 17.9. The molecule has 140 valence electrons. The van der Waals surface area contributed by atoms with Crippen LogP contribution in [-0.2, 0) is 11.2 Å². The number of benzene rings is 1. The number of hydrogen-bond acceptors (Lipinski definition) is 3. The number of likely N-dealkylation sites (tertiary alicyclic amines) is 1. The van der Waals surface area contributed by atoms with Gasteiger partial charge in [-0.15, -0.1) is 0 Å². The summed E-state index contributed by atoms with van der Waals surface area (Å²) in [6.45, 7) is 3.49. The smallest absolute Gasteiger partial charge is 0.320 e. The number of carbonyl (C=O) groups excluding carboxylic acids is 2. The highest BCUT2D eigenvalue weighted by atomic mass is 16.2. The monoisotopic (exact) mass is 356 g/mol. The zero-order valence-electron chi connectivity index (χ0n) is 15.2. The quantitative estimate of drug-likeness (QED) is 0.847. The second kappa shape index (κ2) is 7.66. The van der Waals surface area contributed by atoms with Crippen molar-refractivity contribution >= 4 is 11.9 Å². The second-order valence-electron chi connectivity index (χ2n) is 7.54. The maximum Gasteiger partial charge on any atom is 0.320 e. The zero-order valence-corrected chi connectivity index (χ0v) is 15.2. The van der Waals surface area contributed by atoms with E-state index in [9.17, 15) is 9.59 Å². The largest absolute Gasteiger partial charge is 0.347 e. The highest BCUT2D eigenvalue weighted by molar-refractivity contribution is 5.88. The molecule has 0 aromatic heterocycles. The lowest BCUT2D eigenvalue weighted by atomic mass is 9.87. The average molecular weight is 356 g/mol. The third kappa shape index (κ3) is 3.43. The number of nitrogens with zero attached hydrogens (tertiary/aromatic N) is 2. The third-order valence-corrected chi connectivity index (χ3v) is 5.85. The molecule has 6 heteroatoms. The molecule has 1 aromatic rings. The number of rotatable bonds is 2. The van der Waals surface area contributed by atoms with Gasteiger partial charge in [-0.25, -0.2) is 4.79 Å². The standard InChI is InChI=1S/C20H28N4O2/c25-19(22-17-9-5-7-15-6-1-2-8-16(15)17)18-14-21-10-13-24(18)20(26)23-11-3-4-12-23/h1-2,6,8,17-18,21H,3-5,7,9-14H2,(H,22,25). The van der Waals surface area contributed by atoms with Crippen molar-refractivity contribution in [2.45, 2.75) is 44.2 Å². The number of piperazine rings is 1. The van der Waals surface area contributed by atoms with E-state index in [-0.39, 0.29) is 18.0 Å². The van der Waals surface area contributed by atoms with E-state index in [2.05, 4.69) is 28.8 Å². The molecule has 0 spiro atoms. The van der Waals surface area contributed by atoms with E-state index in [1.165, 1.54) is 11.1 Å². The van der Waals surface area contributed by atoms with E-state index in [0.29, 0.717) is 13.1 Å². The van der Waals surface area contributed by atoms with Crippen molar-refractivity contribution in [2.75, 3.05) is 32.7 Å². The van der Waals surface area contributed by atoms with Gasteiger partial charge in [0.1, 0.15) is 6.04 Å². The van der Waals surface area contributed by atoms with Crippen LogP contribution in [0.3, 0.4) is 0 Å². The van der Waals surface area contributed by atoms with Crippen LogP contribution < -0.4 is 10.6 Å². The Kier molecular flexibility index (Phi) is 5.11. The summed E-state index contributed by atoms with van der Waals surface area (Å²) in [5.41, 5.74) is 2.56. The average Bonchev–Trinajstić information content (AvgIpc) is 3.22. The molecule has 2 heterocycles. The van der Waals surface area contributed by atoms with Gasteiger partial charge in [-0.1, -0.05) is 24.3 Å². The summed E-state index contributed by atoms with van der Waals surface area (Å²) in [6.07, 6.45) is 5.25. The lowest BCUT2D eigenvalue weighted by molar-refractivity contribution is -0.127.